The van der Waals surface area contributed by atoms with Crippen LogP contribution in [0.1, 0.15) is 22.8 Å². The average molecular weight is 282 g/mol. The minimum absolute atomic E-state index is 0.314. The Morgan fingerprint density at radius 2 is 2.05 bits per heavy atom. The zero-order chi connectivity index (χ0) is 14.8. The van der Waals surface area contributed by atoms with E-state index in [9.17, 15) is 4.79 Å². The molecule has 2 aromatic carbocycles. The van der Waals surface area contributed by atoms with Gasteiger partial charge >= 0.3 is 5.97 Å². The summed E-state index contributed by atoms with van der Waals surface area (Å²) in [5, 5.41) is 0. The van der Waals surface area contributed by atoms with E-state index in [1.807, 2.05) is 18.2 Å². The van der Waals surface area contributed by atoms with Crippen molar-refractivity contribution in [2.75, 3.05) is 23.8 Å². The van der Waals surface area contributed by atoms with Gasteiger partial charge in [0.1, 0.15) is 0 Å². The van der Waals surface area contributed by atoms with Gasteiger partial charge in [0, 0.05) is 12.2 Å². The summed E-state index contributed by atoms with van der Waals surface area (Å²) in [6.07, 6.45) is 0.985. The summed E-state index contributed by atoms with van der Waals surface area (Å²) in [5.74, 6) is -0.314. The molecule has 0 fully saturated rings. The van der Waals surface area contributed by atoms with Gasteiger partial charge in [-0.1, -0.05) is 18.2 Å². The van der Waals surface area contributed by atoms with Crippen LogP contribution in [0.5, 0.6) is 0 Å². The van der Waals surface area contributed by atoms with Crippen LogP contribution in [-0.2, 0) is 11.2 Å². The van der Waals surface area contributed by atoms with Crippen LogP contribution in [0.25, 0.3) is 0 Å². The molecule has 0 unspecified atom stereocenters. The Hall–Kier alpha value is -2.49. The Morgan fingerprint density at radius 3 is 2.86 bits per heavy atom. The molecule has 0 bridgehead atoms. The summed E-state index contributed by atoms with van der Waals surface area (Å²) in [6.45, 7) is 3.04. The lowest BCUT2D eigenvalue weighted by molar-refractivity contribution is 0.0526. The van der Waals surface area contributed by atoms with Gasteiger partial charge in [0.15, 0.2) is 0 Å². The molecule has 0 amide bonds. The maximum Gasteiger partial charge on any atom is 0.338 e. The third-order valence-electron chi connectivity index (χ3n) is 3.72. The van der Waals surface area contributed by atoms with Crippen LogP contribution in [0, 0.1) is 0 Å². The van der Waals surface area contributed by atoms with Crippen LogP contribution >= 0.6 is 0 Å². The van der Waals surface area contributed by atoms with Gasteiger partial charge in [-0.3, -0.25) is 0 Å². The number of nitrogens with two attached hydrogens (primary N) is 1. The fourth-order valence-electron chi connectivity index (χ4n) is 2.71. The van der Waals surface area contributed by atoms with E-state index >= 15 is 0 Å². The van der Waals surface area contributed by atoms with Crippen molar-refractivity contribution in [3.63, 3.8) is 0 Å². The van der Waals surface area contributed by atoms with Crippen LogP contribution in [0.15, 0.2) is 42.5 Å². The predicted octanol–water partition coefficient (Wildman–Crippen LogP) is 3.14. The first-order chi connectivity index (χ1) is 10.2. The lowest BCUT2D eigenvalue weighted by atomic mass is 10.1. The Kier molecular flexibility index (Phi) is 3.52. The quantitative estimate of drug-likeness (QED) is 0.694. The fraction of sp³-hybridized carbons (Fsp3) is 0.235. The number of benzene rings is 2. The summed E-state index contributed by atoms with van der Waals surface area (Å²) >= 11 is 0. The number of nitrogens with zero attached hydrogens (tertiary/aromatic N) is 1. The number of carbonyl (C=O) groups is 1. The summed E-state index contributed by atoms with van der Waals surface area (Å²) in [5.41, 5.74) is 10.6. The highest BCUT2D eigenvalue weighted by Gasteiger charge is 2.22. The van der Waals surface area contributed by atoms with E-state index in [2.05, 4.69) is 17.0 Å². The summed E-state index contributed by atoms with van der Waals surface area (Å²) < 4.78 is 5.06. The molecule has 0 atom stereocenters. The van der Waals surface area contributed by atoms with Crippen molar-refractivity contribution in [3.05, 3.63) is 53.6 Å². The predicted molar refractivity (Wildman–Crippen MR) is 84.0 cm³/mol. The minimum atomic E-state index is -0.314. The number of ether oxygens (including phenoxy) is 1. The van der Waals surface area contributed by atoms with Crippen molar-refractivity contribution in [1.82, 2.24) is 0 Å². The first-order valence-corrected chi connectivity index (χ1v) is 7.13. The molecular weight excluding hydrogens is 264 g/mol. The van der Waals surface area contributed by atoms with E-state index in [-0.39, 0.29) is 5.97 Å². The third-order valence-corrected chi connectivity index (χ3v) is 3.72. The number of fused-ring (bicyclic) bond motifs is 1. The van der Waals surface area contributed by atoms with Gasteiger partial charge in [0.2, 0.25) is 0 Å². The Morgan fingerprint density at radius 1 is 1.24 bits per heavy atom. The van der Waals surface area contributed by atoms with E-state index < -0.39 is 0 Å². The molecule has 2 aromatic rings. The number of rotatable bonds is 3. The number of nitrogen functional groups attached to an aromatic ring is 1. The number of anilines is 3. The second-order valence-corrected chi connectivity index (χ2v) is 5.02. The number of carbonyl (C=O) groups excluding carboxylic acids is 1. The smallest absolute Gasteiger partial charge is 0.338 e. The highest BCUT2D eigenvalue weighted by molar-refractivity contribution is 5.93. The van der Waals surface area contributed by atoms with Crippen LogP contribution in [0.2, 0.25) is 0 Å². The largest absolute Gasteiger partial charge is 0.462 e. The number of esters is 1. The maximum atomic E-state index is 11.9. The molecule has 0 aromatic heterocycles. The molecule has 3 rings (SSSR count). The van der Waals surface area contributed by atoms with E-state index in [1.54, 1.807) is 19.1 Å². The van der Waals surface area contributed by atoms with E-state index in [0.717, 1.165) is 24.3 Å². The van der Waals surface area contributed by atoms with Gasteiger partial charge in [-0.25, -0.2) is 4.79 Å². The molecule has 1 heterocycles. The lowest BCUT2D eigenvalue weighted by Crippen LogP contribution is -2.16. The van der Waals surface area contributed by atoms with Gasteiger partial charge < -0.3 is 15.4 Å². The molecule has 0 spiro atoms. The van der Waals surface area contributed by atoms with Crippen molar-refractivity contribution in [1.29, 1.82) is 0 Å². The normalized spacial score (nSPS) is 13.1. The SMILES string of the molecule is CCOC(=O)c1ccc(N)c(N2CCc3ccccc32)c1. The molecule has 108 valence electrons. The van der Waals surface area contributed by atoms with Crippen molar-refractivity contribution < 1.29 is 9.53 Å². The number of hydrogen-bond acceptors (Lipinski definition) is 4. The maximum absolute atomic E-state index is 11.9. The van der Waals surface area contributed by atoms with Crippen molar-refractivity contribution in [2.45, 2.75) is 13.3 Å². The molecule has 21 heavy (non-hydrogen) atoms. The van der Waals surface area contributed by atoms with Gasteiger partial charge in [-0.2, -0.15) is 0 Å². The highest BCUT2D eigenvalue weighted by Crippen LogP contribution is 2.37. The van der Waals surface area contributed by atoms with Crippen molar-refractivity contribution >= 4 is 23.0 Å². The minimum Gasteiger partial charge on any atom is -0.462 e. The average Bonchev–Trinajstić information content (AvgIpc) is 2.92. The molecule has 1 aliphatic heterocycles. The van der Waals surface area contributed by atoms with Gasteiger partial charge in [0.25, 0.3) is 0 Å². The molecule has 0 radical (unpaired) electrons. The fourth-order valence-corrected chi connectivity index (χ4v) is 2.71. The molecule has 0 saturated carbocycles. The molecule has 0 aliphatic carbocycles. The Bertz CT molecular complexity index is 682. The lowest BCUT2D eigenvalue weighted by Gasteiger charge is -2.22. The Balaban J connectivity index is 1.99. The first kappa shape index (κ1) is 13.5. The van der Waals surface area contributed by atoms with E-state index in [4.69, 9.17) is 10.5 Å². The monoisotopic (exact) mass is 282 g/mol. The summed E-state index contributed by atoms with van der Waals surface area (Å²) in [6, 6.07) is 13.6. The standard InChI is InChI=1S/C17H18N2O2/c1-2-21-17(20)13-7-8-14(18)16(11-13)19-10-9-12-5-3-4-6-15(12)19/h3-8,11H,2,9-10,18H2,1H3. The van der Waals surface area contributed by atoms with Crippen molar-refractivity contribution in [3.8, 4) is 0 Å². The zero-order valence-corrected chi connectivity index (χ0v) is 12.0. The second-order valence-electron chi connectivity index (χ2n) is 5.02. The molecule has 4 nitrogen and oxygen atoms in total. The van der Waals surface area contributed by atoms with Crippen LogP contribution < -0.4 is 10.6 Å². The third kappa shape index (κ3) is 2.44. The molecule has 4 heteroatoms. The van der Waals surface area contributed by atoms with Gasteiger partial charge in [-0.15, -0.1) is 0 Å². The second kappa shape index (κ2) is 5.48. The highest BCUT2D eigenvalue weighted by atomic mass is 16.5. The van der Waals surface area contributed by atoms with Crippen LogP contribution in [0.3, 0.4) is 0 Å². The zero-order valence-electron chi connectivity index (χ0n) is 12.0. The first-order valence-electron chi connectivity index (χ1n) is 7.13. The summed E-state index contributed by atoms with van der Waals surface area (Å²) in [4.78, 5) is 14.0. The molecular formula is C17H18N2O2. The molecule has 0 saturated heterocycles. The summed E-state index contributed by atoms with van der Waals surface area (Å²) in [7, 11) is 0. The van der Waals surface area contributed by atoms with Crippen molar-refractivity contribution in [2.24, 2.45) is 0 Å². The van der Waals surface area contributed by atoms with E-state index in [1.165, 1.54) is 5.56 Å². The molecule has 1 aliphatic rings. The van der Waals surface area contributed by atoms with Gasteiger partial charge in [-0.05, 0) is 43.2 Å². The molecule has 2 N–H and O–H groups in total. The topological polar surface area (TPSA) is 55.6 Å². The number of para-hydroxylation sites is 1. The van der Waals surface area contributed by atoms with E-state index in [0.29, 0.717) is 17.9 Å². The Labute approximate surface area is 124 Å². The number of hydrogen-bond donors (Lipinski definition) is 1. The van der Waals surface area contributed by atoms with Crippen LogP contribution in [-0.4, -0.2) is 19.1 Å². The van der Waals surface area contributed by atoms with Gasteiger partial charge in [0.05, 0.1) is 23.5 Å². The van der Waals surface area contributed by atoms with Crippen LogP contribution in [0.4, 0.5) is 17.1 Å².